The molecule has 1 aliphatic rings. The van der Waals surface area contributed by atoms with E-state index < -0.39 is 0 Å². The van der Waals surface area contributed by atoms with Crippen molar-refractivity contribution >= 4 is 29.2 Å². The van der Waals surface area contributed by atoms with E-state index in [1.165, 1.54) is 11.8 Å². The van der Waals surface area contributed by atoms with Crippen LogP contribution < -0.4 is 10.2 Å². The number of amides is 1. The first kappa shape index (κ1) is 26.1. The summed E-state index contributed by atoms with van der Waals surface area (Å²) in [5.74, 6) is 5.99. The summed E-state index contributed by atoms with van der Waals surface area (Å²) in [6.07, 6.45) is 2.62. The topological polar surface area (TPSA) is 96.1 Å². The molecule has 0 bridgehead atoms. The fourth-order valence-corrected chi connectivity index (χ4v) is 5.18. The second-order valence-electron chi connectivity index (χ2n) is 8.54. The Morgan fingerprint density at radius 1 is 1.17 bits per heavy atom. The Morgan fingerprint density at radius 3 is 2.37 bits per heavy atom. The number of hydrogen-bond acceptors (Lipinski definition) is 7. The van der Waals surface area contributed by atoms with Gasteiger partial charge in [0.15, 0.2) is 0 Å². The van der Waals surface area contributed by atoms with Gasteiger partial charge in [-0.3, -0.25) is 4.79 Å². The molecule has 8 heteroatoms. The van der Waals surface area contributed by atoms with E-state index in [1.54, 1.807) is 6.92 Å². The van der Waals surface area contributed by atoms with Crippen LogP contribution in [0.1, 0.15) is 48.9 Å². The first-order valence-electron chi connectivity index (χ1n) is 11.7. The Balaban J connectivity index is 1.84. The lowest BCUT2D eigenvalue weighted by molar-refractivity contribution is -0.111. The molecule has 0 atom stereocenters. The van der Waals surface area contributed by atoms with Crippen molar-refractivity contribution in [2.24, 2.45) is 0 Å². The quantitative estimate of drug-likeness (QED) is 0.463. The monoisotopic (exact) mass is 486 g/mol. The third-order valence-electron chi connectivity index (χ3n) is 6.15. The van der Waals surface area contributed by atoms with Crippen molar-refractivity contribution in [2.45, 2.75) is 49.9 Å². The Bertz CT molecular complexity index is 1210. The number of nitrogens with one attached hydrogen (secondary N) is 1. The third kappa shape index (κ3) is 6.34. The number of nitrogens with zero attached hydrogens (tertiary/aromatic N) is 5. The molecule has 1 aromatic carbocycles. The molecule has 1 aromatic heterocycles. The second-order valence-corrected chi connectivity index (χ2v) is 9.51. The molecule has 1 saturated heterocycles. The molecule has 0 unspecified atom stereocenters. The number of carbonyl (C=O) groups is 1. The Kier molecular flexibility index (Phi) is 9.15. The van der Waals surface area contributed by atoms with Crippen molar-refractivity contribution in [3.05, 3.63) is 46.5 Å². The van der Waals surface area contributed by atoms with E-state index in [2.05, 4.69) is 53.2 Å². The molecule has 7 nitrogen and oxygen atoms in total. The van der Waals surface area contributed by atoms with Crippen molar-refractivity contribution in [1.29, 1.82) is 10.5 Å². The fourth-order valence-electron chi connectivity index (χ4n) is 4.22. The van der Waals surface area contributed by atoms with Gasteiger partial charge in [0.1, 0.15) is 23.0 Å². The van der Waals surface area contributed by atoms with Crippen molar-refractivity contribution in [3.63, 3.8) is 0 Å². The minimum absolute atomic E-state index is 0.343. The van der Waals surface area contributed by atoms with Gasteiger partial charge in [0.05, 0.1) is 11.1 Å². The van der Waals surface area contributed by atoms with Gasteiger partial charge < -0.3 is 15.1 Å². The van der Waals surface area contributed by atoms with Crippen LogP contribution in [-0.4, -0.2) is 49.0 Å². The maximum absolute atomic E-state index is 11.6. The van der Waals surface area contributed by atoms with E-state index in [1.807, 2.05) is 31.2 Å². The number of piperidine rings is 1. The normalized spacial score (nSPS) is 13.5. The largest absolute Gasteiger partial charge is 0.355 e. The van der Waals surface area contributed by atoms with Gasteiger partial charge in [0, 0.05) is 30.6 Å². The van der Waals surface area contributed by atoms with Crippen molar-refractivity contribution in [1.82, 2.24) is 9.88 Å². The van der Waals surface area contributed by atoms with Crippen LogP contribution >= 0.6 is 11.8 Å². The summed E-state index contributed by atoms with van der Waals surface area (Å²) in [7, 11) is 4.20. The molecule has 3 rings (SSSR count). The second kappa shape index (κ2) is 12.3. The molecule has 1 N–H and O–H groups in total. The first-order chi connectivity index (χ1) is 16.9. The first-order valence-corrected chi connectivity index (χ1v) is 12.6. The van der Waals surface area contributed by atoms with Gasteiger partial charge in [-0.05, 0) is 69.5 Å². The summed E-state index contributed by atoms with van der Waals surface area (Å²) in [6.45, 7) is 5.26. The van der Waals surface area contributed by atoms with Gasteiger partial charge in [0.2, 0.25) is 0 Å². The average Bonchev–Trinajstić information content (AvgIpc) is 2.87. The summed E-state index contributed by atoms with van der Waals surface area (Å²) in [4.78, 5) is 21.0. The van der Waals surface area contributed by atoms with E-state index in [0.717, 1.165) is 37.1 Å². The van der Waals surface area contributed by atoms with Crippen LogP contribution in [0, 0.1) is 34.5 Å². The number of hydrogen-bond donors (Lipinski definition) is 1. The van der Waals surface area contributed by atoms with Crippen LogP contribution in [0.15, 0.2) is 29.3 Å². The molecule has 35 heavy (non-hydrogen) atoms. The van der Waals surface area contributed by atoms with Crippen LogP contribution in [0.4, 0.5) is 11.5 Å². The molecular weight excluding hydrogens is 456 g/mol. The Labute approximate surface area is 212 Å². The number of pyridine rings is 1. The number of thioether (sulfide) groups is 1. The number of aromatic nitrogens is 1. The highest BCUT2D eigenvalue weighted by atomic mass is 32.2. The molecule has 180 valence electrons. The van der Waals surface area contributed by atoms with Crippen molar-refractivity contribution in [3.8, 4) is 24.0 Å². The van der Waals surface area contributed by atoms with Crippen LogP contribution in [0.5, 0.6) is 0 Å². The number of carbonyl (C=O) groups excluding carboxylic acids is 1. The predicted molar refractivity (Wildman–Crippen MR) is 140 cm³/mol. The fraction of sp³-hybridized carbons (Fsp3) is 0.407. The zero-order valence-electron chi connectivity index (χ0n) is 20.7. The van der Waals surface area contributed by atoms with Crippen LogP contribution in [0.3, 0.4) is 0 Å². The minimum Gasteiger partial charge on any atom is -0.355 e. The van der Waals surface area contributed by atoms with E-state index in [9.17, 15) is 15.3 Å². The van der Waals surface area contributed by atoms with Crippen molar-refractivity contribution < 1.29 is 4.79 Å². The van der Waals surface area contributed by atoms with E-state index in [-0.39, 0.29) is 5.91 Å². The average molecular weight is 487 g/mol. The van der Waals surface area contributed by atoms with E-state index >= 15 is 0 Å². The Morgan fingerprint density at radius 2 is 1.83 bits per heavy atom. The molecule has 0 radical (unpaired) electrons. The van der Waals surface area contributed by atoms with Gasteiger partial charge in [-0.2, -0.15) is 10.5 Å². The summed E-state index contributed by atoms with van der Waals surface area (Å²) in [5.41, 5.74) is 3.50. The van der Waals surface area contributed by atoms with Crippen LogP contribution in [0.25, 0.3) is 0 Å². The summed E-state index contributed by atoms with van der Waals surface area (Å²) in [6, 6.07) is 12.7. The number of rotatable bonds is 7. The lowest BCUT2D eigenvalue weighted by atomic mass is 9.99. The summed E-state index contributed by atoms with van der Waals surface area (Å²) < 4.78 is 0. The van der Waals surface area contributed by atoms with Gasteiger partial charge >= 0.3 is 0 Å². The maximum Gasteiger partial charge on any atom is 0.300 e. The third-order valence-corrected chi connectivity index (χ3v) is 7.19. The van der Waals surface area contributed by atoms with Crippen molar-refractivity contribution in [2.75, 3.05) is 37.4 Å². The van der Waals surface area contributed by atoms with Gasteiger partial charge in [-0.1, -0.05) is 25.0 Å². The van der Waals surface area contributed by atoms with Crippen LogP contribution in [0.2, 0.25) is 0 Å². The Hall–Kier alpha value is -3.51. The maximum atomic E-state index is 11.6. The highest BCUT2D eigenvalue weighted by Crippen LogP contribution is 2.34. The van der Waals surface area contributed by atoms with E-state index in [0.29, 0.717) is 45.9 Å². The molecule has 1 aliphatic heterocycles. The summed E-state index contributed by atoms with van der Waals surface area (Å²) in [5, 5.41) is 23.3. The standard InChI is InChI=1S/C27H30N6OS/c1-5-7-25(34)30-20-10-8-19(9-11-20)18-35-27-24(17-29)22(6-2)23(16-28)26(31-27)33-14-12-21(13-15-33)32(3)4/h8-11,21H,6,12-15,18H2,1-4H3,(H,30,34). The minimum atomic E-state index is -0.343. The van der Waals surface area contributed by atoms with Gasteiger partial charge in [-0.25, -0.2) is 4.98 Å². The lowest BCUT2D eigenvalue weighted by Gasteiger charge is -2.36. The van der Waals surface area contributed by atoms with Crippen LogP contribution in [-0.2, 0) is 17.0 Å². The smallest absolute Gasteiger partial charge is 0.300 e. The summed E-state index contributed by atoms with van der Waals surface area (Å²) >= 11 is 1.50. The number of anilines is 2. The predicted octanol–water partition coefficient (Wildman–Crippen LogP) is 4.17. The van der Waals surface area contributed by atoms with Gasteiger partial charge in [0.25, 0.3) is 5.91 Å². The molecule has 2 heterocycles. The van der Waals surface area contributed by atoms with Gasteiger partial charge in [-0.15, -0.1) is 11.8 Å². The zero-order valence-corrected chi connectivity index (χ0v) is 21.5. The molecular formula is C27H30N6OS. The molecule has 0 saturated carbocycles. The molecule has 2 aromatic rings. The zero-order chi connectivity index (χ0) is 25.4. The number of nitriles is 2. The molecule has 1 amide bonds. The molecule has 0 spiro atoms. The molecule has 1 fully saturated rings. The lowest BCUT2D eigenvalue weighted by Crippen LogP contribution is -2.42. The highest BCUT2D eigenvalue weighted by Gasteiger charge is 2.27. The SMILES string of the molecule is CC#CC(=O)Nc1ccc(CSc2nc(N3CCC(N(C)C)CC3)c(C#N)c(CC)c2C#N)cc1. The highest BCUT2D eigenvalue weighted by molar-refractivity contribution is 7.98. The molecule has 0 aliphatic carbocycles. The van der Waals surface area contributed by atoms with E-state index in [4.69, 9.17) is 4.98 Å². The number of benzene rings is 1.